The highest BCUT2D eigenvalue weighted by atomic mass is 16.6. The van der Waals surface area contributed by atoms with Crippen molar-refractivity contribution in [2.45, 2.75) is 142 Å². The molecule has 0 radical (unpaired) electrons. The van der Waals surface area contributed by atoms with Crippen molar-refractivity contribution in [2.75, 3.05) is 20.3 Å². The number of hydrogen-bond acceptors (Lipinski definition) is 8. The first-order valence-electron chi connectivity index (χ1n) is 20.1. The van der Waals surface area contributed by atoms with Crippen molar-refractivity contribution in [1.82, 2.24) is 0 Å². The predicted molar refractivity (Wildman–Crippen MR) is 209 cm³/mol. The van der Waals surface area contributed by atoms with E-state index in [1.807, 2.05) is 0 Å². The van der Waals surface area contributed by atoms with Crippen LogP contribution >= 0.6 is 0 Å². The molecular formula is C44H64O9. The van der Waals surface area contributed by atoms with Gasteiger partial charge in [0, 0.05) is 0 Å². The summed E-state index contributed by atoms with van der Waals surface area (Å²) in [6.07, 6.45) is 26.5. The molecule has 0 bridgehead atoms. The molecule has 1 N–H and O–H groups in total. The van der Waals surface area contributed by atoms with Gasteiger partial charge in [0.15, 0.2) is 17.4 Å². The molecule has 0 aliphatic rings. The quantitative estimate of drug-likeness (QED) is 0.0361. The lowest BCUT2D eigenvalue weighted by Crippen LogP contribution is -2.27. The van der Waals surface area contributed by atoms with E-state index in [0.29, 0.717) is 5.56 Å². The van der Waals surface area contributed by atoms with Gasteiger partial charge in [-0.2, -0.15) is 0 Å². The third kappa shape index (κ3) is 19.5. The van der Waals surface area contributed by atoms with E-state index in [2.05, 4.69) is 13.8 Å². The van der Waals surface area contributed by atoms with Crippen LogP contribution in [0.5, 0.6) is 11.5 Å². The molecule has 0 saturated heterocycles. The lowest BCUT2D eigenvalue weighted by molar-refractivity contribution is -0.159. The molecule has 0 unspecified atom stereocenters. The van der Waals surface area contributed by atoms with Crippen LogP contribution in [0.15, 0.2) is 48.5 Å². The molecule has 0 saturated carbocycles. The van der Waals surface area contributed by atoms with Gasteiger partial charge < -0.3 is 24.1 Å². The van der Waals surface area contributed by atoms with Gasteiger partial charge in [-0.05, 0) is 48.7 Å². The maximum atomic E-state index is 13.1. The minimum Gasteiger partial charge on any atom is -0.493 e. The van der Waals surface area contributed by atoms with Gasteiger partial charge in [-0.15, -0.1) is 0 Å². The molecule has 0 spiro atoms. The van der Waals surface area contributed by atoms with Gasteiger partial charge in [0.05, 0.1) is 31.5 Å². The minimum atomic E-state index is -1.20. The van der Waals surface area contributed by atoms with Crippen molar-refractivity contribution in [3.63, 3.8) is 0 Å². The zero-order chi connectivity index (χ0) is 38.5. The lowest BCUT2D eigenvalue weighted by Gasteiger charge is -2.13. The Morgan fingerprint density at radius 3 is 1.45 bits per heavy atom. The Kier molecular flexibility index (Phi) is 24.1. The van der Waals surface area contributed by atoms with E-state index in [9.17, 15) is 24.3 Å². The summed E-state index contributed by atoms with van der Waals surface area (Å²) < 4.78 is 21.7. The standard InChI is InChI=1S/C44H64O9/c1-4-6-8-10-12-14-16-18-20-22-32-51-43(48)38(44(49)52-33-23-21-19-17-15-13-11-9-7-5-2)30-26-35-24-27-36(28-25-35)42(47)53-39-31-29-37(41(45)46)34-40(39)50-3/h24-31,34,38H,4-23,32-33H2,1-3H3,(H,45,46)/b30-26+. The highest BCUT2D eigenvalue weighted by Gasteiger charge is 2.27. The first-order chi connectivity index (χ1) is 25.8. The summed E-state index contributed by atoms with van der Waals surface area (Å²) >= 11 is 0. The van der Waals surface area contributed by atoms with Gasteiger partial charge in [0.1, 0.15) is 0 Å². The molecule has 2 rings (SSSR count). The summed E-state index contributed by atoms with van der Waals surface area (Å²) in [4.78, 5) is 50.3. The number of carbonyl (C=O) groups excluding carboxylic acids is 3. The molecule has 0 fully saturated rings. The molecule has 0 aliphatic carbocycles. The van der Waals surface area contributed by atoms with Crippen molar-refractivity contribution in [2.24, 2.45) is 5.92 Å². The van der Waals surface area contributed by atoms with Crippen LogP contribution in [0.2, 0.25) is 0 Å². The summed E-state index contributed by atoms with van der Waals surface area (Å²) in [5.74, 6) is -4.05. The predicted octanol–water partition coefficient (Wildman–Crippen LogP) is 11.2. The first kappa shape index (κ1) is 45.0. The van der Waals surface area contributed by atoms with E-state index in [1.165, 1.54) is 121 Å². The molecule has 2 aromatic rings. The van der Waals surface area contributed by atoms with Crippen LogP contribution in [0, 0.1) is 5.92 Å². The molecule has 9 heteroatoms. The summed E-state index contributed by atoms with van der Waals surface area (Å²) in [6.45, 7) is 4.96. The summed E-state index contributed by atoms with van der Waals surface area (Å²) in [5, 5.41) is 9.21. The highest BCUT2D eigenvalue weighted by Crippen LogP contribution is 2.29. The maximum absolute atomic E-state index is 13.1. The van der Waals surface area contributed by atoms with E-state index in [0.717, 1.165) is 38.5 Å². The minimum absolute atomic E-state index is 0.00135. The normalized spacial score (nSPS) is 11.2. The van der Waals surface area contributed by atoms with E-state index in [-0.39, 0.29) is 35.8 Å². The van der Waals surface area contributed by atoms with Gasteiger partial charge in [-0.3, -0.25) is 9.59 Å². The Balaban J connectivity index is 1.92. The number of hydrogen-bond donors (Lipinski definition) is 1. The largest absolute Gasteiger partial charge is 0.493 e. The average Bonchev–Trinajstić information content (AvgIpc) is 3.16. The van der Waals surface area contributed by atoms with Crippen molar-refractivity contribution >= 4 is 30.0 Å². The molecule has 0 heterocycles. The Morgan fingerprint density at radius 1 is 0.585 bits per heavy atom. The van der Waals surface area contributed by atoms with E-state index >= 15 is 0 Å². The summed E-state index contributed by atoms with van der Waals surface area (Å²) in [6, 6.07) is 10.4. The van der Waals surface area contributed by atoms with Crippen molar-refractivity contribution in [1.29, 1.82) is 0 Å². The number of aromatic carboxylic acids is 1. The highest BCUT2D eigenvalue weighted by molar-refractivity contribution is 5.98. The van der Waals surface area contributed by atoms with Gasteiger partial charge in [0.25, 0.3) is 0 Å². The number of ether oxygens (including phenoxy) is 4. The molecular weight excluding hydrogens is 672 g/mol. The van der Waals surface area contributed by atoms with E-state index in [1.54, 1.807) is 30.3 Å². The molecule has 0 atom stereocenters. The lowest BCUT2D eigenvalue weighted by atomic mass is 10.1. The van der Waals surface area contributed by atoms with Crippen LogP contribution < -0.4 is 9.47 Å². The van der Waals surface area contributed by atoms with Crippen molar-refractivity contribution < 1.29 is 43.2 Å². The Morgan fingerprint density at radius 2 is 1.02 bits per heavy atom. The monoisotopic (exact) mass is 736 g/mol. The average molecular weight is 737 g/mol. The molecule has 0 amide bonds. The SMILES string of the molecule is CCCCCCCCCCCCOC(=O)C(/C=C/c1ccc(C(=O)Oc2ccc(C(=O)O)cc2OC)cc1)C(=O)OCCCCCCCCCCCC. The van der Waals surface area contributed by atoms with Crippen LogP contribution in [0.3, 0.4) is 0 Å². The van der Waals surface area contributed by atoms with Crippen molar-refractivity contribution in [3.05, 3.63) is 65.2 Å². The second kappa shape index (κ2) is 28.4. The Bertz CT molecular complexity index is 1330. The fourth-order valence-corrected chi connectivity index (χ4v) is 5.94. The number of esters is 3. The first-order valence-corrected chi connectivity index (χ1v) is 20.1. The zero-order valence-corrected chi connectivity index (χ0v) is 32.5. The van der Waals surface area contributed by atoms with E-state index < -0.39 is 29.8 Å². The Hall–Kier alpha value is -4.14. The smallest absolute Gasteiger partial charge is 0.343 e. The number of methoxy groups -OCH3 is 1. The number of carboxylic acid groups (broad SMARTS) is 1. The number of benzene rings is 2. The van der Waals surface area contributed by atoms with Crippen molar-refractivity contribution in [3.8, 4) is 11.5 Å². The zero-order valence-electron chi connectivity index (χ0n) is 32.5. The van der Waals surface area contributed by atoms with Crippen LogP contribution in [-0.4, -0.2) is 49.3 Å². The van der Waals surface area contributed by atoms with Crippen LogP contribution in [-0.2, 0) is 19.1 Å². The molecule has 0 aliphatic heterocycles. The number of carboxylic acids is 1. The maximum Gasteiger partial charge on any atom is 0.343 e. The van der Waals surface area contributed by atoms with Crippen LogP contribution in [0.1, 0.15) is 169 Å². The Labute approximate surface area is 317 Å². The van der Waals surface area contributed by atoms with Crippen LogP contribution in [0.25, 0.3) is 6.08 Å². The molecule has 0 aromatic heterocycles. The second-order valence-corrected chi connectivity index (χ2v) is 13.7. The molecule has 2 aromatic carbocycles. The summed E-state index contributed by atoms with van der Waals surface area (Å²) in [7, 11) is 1.36. The van der Waals surface area contributed by atoms with E-state index in [4.69, 9.17) is 18.9 Å². The fourth-order valence-electron chi connectivity index (χ4n) is 5.94. The van der Waals surface area contributed by atoms with Gasteiger partial charge in [0.2, 0.25) is 0 Å². The topological polar surface area (TPSA) is 125 Å². The van der Waals surface area contributed by atoms with Gasteiger partial charge in [-0.25, -0.2) is 9.59 Å². The fraction of sp³-hybridized carbons (Fsp3) is 0.591. The van der Waals surface area contributed by atoms with Gasteiger partial charge in [-0.1, -0.05) is 154 Å². The second-order valence-electron chi connectivity index (χ2n) is 13.7. The summed E-state index contributed by atoms with van der Waals surface area (Å²) in [5.41, 5.74) is 0.899. The van der Waals surface area contributed by atoms with Gasteiger partial charge >= 0.3 is 23.9 Å². The number of unbranched alkanes of at least 4 members (excludes halogenated alkanes) is 18. The molecule has 9 nitrogen and oxygen atoms in total. The number of carbonyl (C=O) groups is 4. The third-order valence-electron chi connectivity index (χ3n) is 9.23. The van der Waals surface area contributed by atoms with Crippen LogP contribution in [0.4, 0.5) is 0 Å². The number of rotatable bonds is 30. The third-order valence-corrected chi connectivity index (χ3v) is 9.23. The molecule has 294 valence electrons. The molecule has 53 heavy (non-hydrogen) atoms.